The third-order valence-corrected chi connectivity index (χ3v) is 3.85. The Balaban J connectivity index is 1.76. The van der Waals surface area contributed by atoms with Crippen molar-refractivity contribution in [2.75, 3.05) is 37.0 Å². The first-order valence-corrected chi connectivity index (χ1v) is 7.91. The normalized spacial score (nSPS) is 14.0. The maximum absolute atomic E-state index is 12.2. The quantitative estimate of drug-likeness (QED) is 0.857. The van der Waals surface area contributed by atoms with Crippen LogP contribution in [0.25, 0.3) is 0 Å². The molecular formula is C15H21N7O2. The molecule has 0 saturated carbocycles. The van der Waals surface area contributed by atoms with E-state index in [0.717, 1.165) is 25.9 Å². The standard InChI is InChI=1S/C15H21N7O2/c1-10-11(8-17-24-10)13(23)16-9-12-18-14(21(2)3)20-15(19-12)22-6-4-5-7-22/h8H,4-7,9H2,1-3H3,(H,16,23). The van der Waals surface area contributed by atoms with E-state index in [1.165, 1.54) is 6.20 Å². The third kappa shape index (κ3) is 3.44. The van der Waals surface area contributed by atoms with Gasteiger partial charge in [0, 0.05) is 27.2 Å². The van der Waals surface area contributed by atoms with Crippen LogP contribution in [0.15, 0.2) is 10.7 Å². The maximum atomic E-state index is 12.2. The molecule has 0 aromatic carbocycles. The van der Waals surface area contributed by atoms with Gasteiger partial charge in [-0.05, 0) is 19.8 Å². The van der Waals surface area contributed by atoms with E-state index in [4.69, 9.17) is 4.52 Å². The Morgan fingerprint density at radius 3 is 2.67 bits per heavy atom. The molecule has 0 unspecified atom stereocenters. The monoisotopic (exact) mass is 331 g/mol. The van der Waals surface area contributed by atoms with Gasteiger partial charge < -0.3 is 19.6 Å². The minimum Gasteiger partial charge on any atom is -0.361 e. The highest BCUT2D eigenvalue weighted by Gasteiger charge is 2.19. The second-order valence-corrected chi connectivity index (χ2v) is 5.92. The second kappa shape index (κ2) is 6.81. The van der Waals surface area contributed by atoms with Crippen LogP contribution in [0.1, 0.15) is 34.8 Å². The highest BCUT2D eigenvalue weighted by atomic mass is 16.5. The summed E-state index contributed by atoms with van der Waals surface area (Å²) >= 11 is 0. The van der Waals surface area contributed by atoms with Crippen molar-refractivity contribution in [3.63, 3.8) is 0 Å². The Morgan fingerprint density at radius 2 is 2.04 bits per heavy atom. The molecule has 1 fully saturated rings. The first-order valence-electron chi connectivity index (χ1n) is 7.91. The minimum atomic E-state index is -0.261. The molecule has 3 heterocycles. The van der Waals surface area contributed by atoms with Crippen molar-refractivity contribution >= 4 is 17.8 Å². The fourth-order valence-electron chi connectivity index (χ4n) is 2.50. The molecular weight excluding hydrogens is 310 g/mol. The zero-order valence-electron chi connectivity index (χ0n) is 14.1. The molecule has 0 atom stereocenters. The van der Waals surface area contributed by atoms with Gasteiger partial charge in [0.1, 0.15) is 11.3 Å². The van der Waals surface area contributed by atoms with Crippen LogP contribution >= 0.6 is 0 Å². The summed E-state index contributed by atoms with van der Waals surface area (Å²) in [4.78, 5) is 29.5. The van der Waals surface area contributed by atoms with E-state index in [0.29, 0.717) is 29.0 Å². The number of aryl methyl sites for hydroxylation is 1. The molecule has 0 spiro atoms. The molecule has 1 amide bonds. The van der Waals surface area contributed by atoms with E-state index in [1.807, 2.05) is 19.0 Å². The van der Waals surface area contributed by atoms with E-state index in [-0.39, 0.29) is 12.5 Å². The summed E-state index contributed by atoms with van der Waals surface area (Å²) in [6, 6.07) is 0. The lowest BCUT2D eigenvalue weighted by Gasteiger charge is -2.18. The number of nitrogens with one attached hydrogen (secondary N) is 1. The predicted molar refractivity (Wildman–Crippen MR) is 88.0 cm³/mol. The molecule has 9 nitrogen and oxygen atoms in total. The summed E-state index contributed by atoms with van der Waals surface area (Å²) < 4.78 is 4.91. The molecule has 9 heteroatoms. The van der Waals surface area contributed by atoms with Gasteiger partial charge in [0.05, 0.1) is 12.7 Å². The zero-order chi connectivity index (χ0) is 17.1. The van der Waals surface area contributed by atoms with Crippen molar-refractivity contribution in [3.8, 4) is 0 Å². The van der Waals surface area contributed by atoms with Gasteiger partial charge in [0.25, 0.3) is 5.91 Å². The molecule has 1 N–H and O–H groups in total. The van der Waals surface area contributed by atoms with Crippen LogP contribution in [0.4, 0.5) is 11.9 Å². The van der Waals surface area contributed by atoms with Gasteiger partial charge in [0.15, 0.2) is 5.82 Å². The van der Waals surface area contributed by atoms with E-state index in [9.17, 15) is 4.79 Å². The molecule has 128 valence electrons. The predicted octanol–water partition coefficient (Wildman–Crippen LogP) is 0.764. The lowest BCUT2D eigenvalue weighted by Crippen LogP contribution is -2.27. The fourth-order valence-corrected chi connectivity index (χ4v) is 2.50. The largest absolute Gasteiger partial charge is 0.361 e. The smallest absolute Gasteiger partial charge is 0.256 e. The van der Waals surface area contributed by atoms with Crippen LogP contribution in [0.2, 0.25) is 0 Å². The number of nitrogens with zero attached hydrogens (tertiary/aromatic N) is 6. The van der Waals surface area contributed by atoms with Crippen molar-refractivity contribution in [3.05, 3.63) is 23.3 Å². The van der Waals surface area contributed by atoms with E-state index in [1.54, 1.807) is 6.92 Å². The van der Waals surface area contributed by atoms with E-state index < -0.39 is 0 Å². The first kappa shape index (κ1) is 16.2. The van der Waals surface area contributed by atoms with Crippen molar-refractivity contribution in [2.45, 2.75) is 26.3 Å². The van der Waals surface area contributed by atoms with Gasteiger partial charge in [-0.3, -0.25) is 4.79 Å². The Kier molecular flexibility index (Phi) is 4.59. The number of hydrogen-bond acceptors (Lipinski definition) is 8. The Morgan fingerprint density at radius 1 is 1.29 bits per heavy atom. The Labute approximate surface area is 140 Å². The molecule has 2 aromatic rings. The fraction of sp³-hybridized carbons (Fsp3) is 0.533. The summed E-state index contributed by atoms with van der Waals surface area (Å²) in [6.07, 6.45) is 3.68. The molecule has 1 aliphatic heterocycles. The number of carbonyl (C=O) groups is 1. The summed E-state index contributed by atoms with van der Waals surface area (Å²) in [5.41, 5.74) is 0.414. The second-order valence-electron chi connectivity index (χ2n) is 5.92. The Hall–Kier alpha value is -2.71. The maximum Gasteiger partial charge on any atom is 0.256 e. The highest BCUT2D eigenvalue weighted by Crippen LogP contribution is 2.18. The molecule has 0 bridgehead atoms. The van der Waals surface area contributed by atoms with Crippen LogP contribution in [-0.4, -0.2) is 53.2 Å². The van der Waals surface area contributed by atoms with Crippen LogP contribution < -0.4 is 15.1 Å². The van der Waals surface area contributed by atoms with Gasteiger partial charge in [-0.2, -0.15) is 15.0 Å². The molecule has 1 saturated heterocycles. The van der Waals surface area contributed by atoms with Gasteiger partial charge in [-0.15, -0.1) is 0 Å². The van der Waals surface area contributed by atoms with Crippen LogP contribution in [-0.2, 0) is 6.54 Å². The van der Waals surface area contributed by atoms with Crippen molar-refractivity contribution in [1.29, 1.82) is 0 Å². The zero-order valence-corrected chi connectivity index (χ0v) is 14.1. The van der Waals surface area contributed by atoms with Crippen molar-refractivity contribution in [2.24, 2.45) is 0 Å². The summed E-state index contributed by atoms with van der Waals surface area (Å²) in [5, 5.41) is 6.41. The van der Waals surface area contributed by atoms with E-state index in [2.05, 4.69) is 30.3 Å². The number of rotatable bonds is 5. The van der Waals surface area contributed by atoms with Crippen LogP contribution in [0.3, 0.4) is 0 Å². The number of amides is 1. The van der Waals surface area contributed by atoms with Crippen LogP contribution in [0, 0.1) is 6.92 Å². The average molecular weight is 331 g/mol. The summed E-state index contributed by atoms with van der Waals surface area (Å²) in [7, 11) is 3.76. The van der Waals surface area contributed by atoms with Crippen molar-refractivity contribution in [1.82, 2.24) is 25.4 Å². The number of carbonyl (C=O) groups excluding carboxylic acids is 1. The molecule has 0 radical (unpaired) electrons. The summed E-state index contributed by atoms with van der Waals surface area (Å²) in [6.45, 7) is 3.80. The molecule has 3 rings (SSSR count). The molecule has 0 aliphatic carbocycles. The molecule has 24 heavy (non-hydrogen) atoms. The highest BCUT2D eigenvalue weighted by molar-refractivity contribution is 5.94. The lowest BCUT2D eigenvalue weighted by atomic mass is 10.2. The third-order valence-electron chi connectivity index (χ3n) is 3.85. The lowest BCUT2D eigenvalue weighted by molar-refractivity contribution is 0.0948. The molecule has 2 aromatic heterocycles. The number of aromatic nitrogens is 4. The van der Waals surface area contributed by atoms with Gasteiger partial charge in [-0.1, -0.05) is 5.16 Å². The first-order chi connectivity index (χ1) is 11.5. The number of anilines is 2. The average Bonchev–Trinajstić information content (AvgIpc) is 3.23. The van der Waals surface area contributed by atoms with Gasteiger partial charge >= 0.3 is 0 Å². The topological polar surface area (TPSA) is 100 Å². The van der Waals surface area contributed by atoms with E-state index >= 15 is 0 Å². The Bertz CT molecular complexity index is 722. The minimum absolute atomic E-state index is 0.216. The van der Waals surface area contributed by atoms with Crippen LogP contribution in [0.5, 0.6) is 0 Å². The van der Waals surface area contributed by atoms with Gasteiger partial charge in [-0.25, -0.2) is 0 Å². The number of hydrogen-bond donors (Lipinski definition) is 1. The summed E-state index contributed by atoms with van der Waals surface area (Å²) in [5.74, 6) is 1.99. The van der Waals surface area contributed by atoms with Gasteiger partial charge in [0.2, 0.25) is 11.9 Å². The molecule has 1 aliphatic rings. The van der Waals surface area contributed by atoms with Crippen molar-refractivity contribution < 1.29 is 9.32 Å². The SMILES string of the molecule is Cc1oncc1C(=O)NCc1nc(N(C)C)nc(N2CCCC2)n1.